The smallest absolute Gasteiger partial charge is 0.305 e. The minimum atomic E-state index is -0.965. The predicted molar refractivity (Wildman–Crippen MR) is 69.1 cm³/mol. The molecule has 7 heteroatoms. The van der Waals surface area contributed by atoms with Crippen molar-refractivity contribution in [2.45, 2.75) is 12.5 Å². The summed E-state index contributed by atoms with van der Waals surface area (Å²) < 4.78 is 18.5. The van der Waals surface area contributed by atoms with Crippen LogP contribution in [0.1, 0.15) is 16.8 Å². The Balaban J connectivity index is 2.36. The van der Waals surface area contributed by atoms with Gasteiger partial charge in [-0.15, -0.1) is 0 Å². The van der Waals surface area contributed by atoms with Gasteiger partial charge in [0.05, 0.1) is 36.9 Å². The Morgan fingerprint density at radius 2 is 2.25 bits per heavy atom. The van der Waals surface area contributed by atoms with Crippen LogP contribution in [0.5, 0.6) is 0 Å². The molecular formula is C13H15FN2O4. The highest BCUT2D eigenvalue weighted by Gasteiger charge is 2.28. The Bertz CT molecular complexity index is 535. The third-order valence-corrected chi connectivity index (χ3v) is 3.17. The fraction of sp³-hybridized carbons (Fsp3) is 0.385. The number of carbonyl (C=O) groups is 2. The van der Waals surface area contributed by atoms with Crippen LogP contribution in [-0.4, -0.2) is 42.8 Å². The quantitative estimate of drug-likeness (QED) is 0.843. The van der Waals surface area contributed by atoms with Crippen LogP contribution in [0, 0.1) is 5.82 Å². The third kappa shape index (κ3) is 3.05. The second-order valence-electron chi connectivity index (χ2n) is 4.55. The molecular weight excluding hydrogens is 267 g/mol. The first kappa shape index (κ1) is 14.3. The third-order valence-electron chi connectivity index (χ3n) is 3.17. The highest BCUT2D eigenvalue weighted by Crippen LogP contribution is 2.26. The number of nitrogens with zero attached hydrogens (tertiary/aromatic N) is 1. The minimum absolute atomic E-state index is 0.0438. The Hall–Kier alpha value is -2.15. The second kappa shape index (κ2) is 5.87. The van der Waals surface area contributed by atoms with Crippen LogP contribution in [0.2, 0.25) is 0 Å². The zero-order valence-electron chi connectivity index (χ0n) is 10.7. The summed E-state index contributed by atoms with van der Waals surface area (Å²) in [6, 6.07) is 3.31. The van der Waals surface area contributed by atoms with Crippen molar-refractivity contribution >= 4 is 17.6 Å². The Kier molecular flexibility index (Phi) is 4.19. The van der Waals surface area contributed by atoms with Crippen molar-refractivity contribution in [2.24, 2.45) is 5.73 Å². The lowest BCUT2D eigenvalue weighted by atomic mass is 10.1. The van der Waals surface area contributed by atoms with Crippen molar-refractivity contribution in [2.75, 3.05) is 24.7 Å². The van der Waals surface area contributed by atoms with Crippen molar-refractivity contribution in [1.82, 2.24) is 0 Å². The number of carboxylic acid groups (broad SMARTS) is 1. The first-order chi connectivity index (χ1) is 9.49. The molecule has 1 aliphatic rings. The average molecular weight is 282 g/mol. The van der Waals surface area contributed by atoms with Gasteiger partial charge < -0.3 is 20.5 Å². The average Bonchev–Trinajstić information content (AvgIpc) is 2.39. The van der Waals surface area contributed by atoms with Crippen molar-refractivity contribution < 1.29 is 23.8 Å². The maximum Gasteiger partial charge on any atom is 0.305 e. The van der Waals surface area contributed by atoms with Crippen molar-refractivity contribution in [3.63, 3.8) is 0 Å². The molecule has 1 unspecified atom stereocenters. The number of benzene rings is 1. The van der Waals surface area contributed by atoms with Gasteiger partial charge in [0.25, 0.3) is 5.91 Å². The molecule has 0 aliphatic carbocycles. The van der Waals surface area contributed by atoms with E-state index >= 15 is 0 Å². The van der Waals surface area contributed by atoms with Gasteiger partial charge in [0.2, 0.25) is 0 Å². The Labute approximate surface area is 114 Å². The summed E-state index contributed by atoms with van der Waals surface area (Å²) in [5.74, 6) is -2.28. The summed E-state index contributed by atoms with van der Waals surface area (Å²) in [6.45, 7) is 1.07. The maximum atomic E-state index is 13.2. The van der Waals surface area contributed by atoms with E-state index in [-0.39, 0.29) is 18.6 Å². The van der Waals surface area contributed by atoms with Crippen molar-refractivity contribution in [3.8, 4) is 0 Å². The number of primary amides is 1. The van der Waals surface area contributed by atoms with E-state index in [2.05, 4.69) is 0 Å². The van der Waals surface area contributed by atoms with Crippen molar-refractivity contribution in [1.29, 1.82) is 0 Å². The molecule has 1 aromatic carbocycles. The van der Waals surface area contributed by atoms with Gasteiger partial charge in [-0.25, -0.2) is 4.39 Å². The molecule has 0 aromatic heterocycles. The largest absolute Gasteiger partial charge is 0.481 e. The number of carbonyl (C=O) groups excluding carboxylic acids is 1. The molecule has 0 radical (unpaired) electrons. The van der Waals surface area contributed by atoms with E-state index in [1.54, 1.807) is 4.90 Å². The molecule has 0 saturated carbocycles. The summed E-state index contributed by atoms with van der Waals surface area (Å²) in [7, 11) is 0. The van der Waals surface area contributed by atoms with Gasteiger partial charge in [-0.1, -0.05) is 0 Å². The standard InChI is InChI=1S/C13H15FN2O4/c14-8-1-2-11(10(5-8)13(15)19)16-3-4-20-7-9(16)6-12(17)18/h1-2,5,9H,3-4,6-7H2,(H2,15,19)(H,17,18). The summed E-state index contributed by atoms with van der Waals surface area (Å²) >= 11 is 0. The van der Waals surface area contributed by atoms with Gasteiger partial charge in [-0.2, -0.15) is 0 Å². The van der Waals surface area contributed by atoms with E-state index in [1.807, 2.05) is 0 Å². The SMILES string of the molecule is NC(=O)c1cc(F)ccc1N1CCOCC1CC(=O)O. The topological polar surface area (TPSA) is 92.9 Å². The summed E-state index contributed by atoms with van der Waals surface area (Å²) in [4.78, 5) is 24.0. The number of nitrogens with two attached hydrogens (primary N) is 1. The van der Waals surface area contributed by atoms with E-state index in [0.29, 0.717) is 18.8 Å². The number of morpholine rings is 1. The second-order valence-corrected chi connectivity index (χ2v) is 4.55. The van der Waals surface area contributed by atoms with Crippen LogP contribution in [0.15, 0.2) is 18.2 Å². The number of anilines is 1. The zero-order valence-corrected chi connectivity index (χ0v) is 10.7. The normalized spacial score (nSPS) is 18.9. The van der Waals surface area contributed by atoms with Gasteiger partial charge in [0, 0.05) is 6.54 Å². The van der Waals surface area contributed by atoms with Gasteiger partial charge >= 0.3 is 5.97 Å². The fourth-order valence-electron chi connectivity index (χ4n) is 2.30. The summed E-state index contributed by atoms with van der Waals surface area (Å²) in [5, 5.41) is 8.92. The number of aliphatic carboxylic acids is 1. The molecule has 1 aliphatic heterocycles. The molecule has 6 nitrogen and oxygen atoms in total. The molecule has 1 fully saturated rings. The Morgan fingerprint density at radius 1 is 1.50 bits per heavy atom. The van der Waals surface area contributed by atoms with Gasteiger partial charge in [0.1, 0.15) is 5.82 Å². The maximum absolute atomic E-state index is 13.2. The van der Waals surface area contributed by atoms with E-state index in [1.165, 1.54) is 12.1 Å². The highest BCUT2D eigenvalue weighted by atomic mass is 19.1. The van der Waals surface area contributed by atoms with Crippen LogP contribution < -0.4 is 10.6 Å². The molecule has 0 bridgehead atoms. The molecule has 20 heavy (non-hydrogen) atoms. The number of hydrogen-bond donors (Lipinski definition) is 2. The van der Waals surface area contributed by atoms with Crippen LogP contribution in [0.3, 0.4) is 0 Å². The monoisotopic (exact) mass is 282 g/mol. The van der Waals surface area contributed by atoms with Gasteiger partial charge in [-0.05, 0) is 18.2 Å². The van der Waals surface area contributed by atoms with Crippen molar-refractivity contribution in [3.05, 3.63) is 29.6 Å². The number of ether oxygens (including phenoxy) is 1. The van der Waals surface area contributed by atoms with E-state index in [9.17, 15) is 14.0 Å². The molecule has 1 atom stereocenters. The summed E-state index contributed by atoms with van der Waals surface area (Å²) in [6.07, 6.45) is -0.129. The first-order valence-corrected chi connectivity index (χ1v) is 6.14. The van der Waals surface area contributed by atoms with Crippen LogP contribution in [0.25, 0.3) is 0 Å². The molecule has 3 N–H and O–H groups in total. The highest BCUT2D eigenvalue weighted by molar-refractivity contribution is 5.98. The lowest BCUT2D eigenvalue weighted by Crippen LogP contribution is -2.47. The van der Waals surface area contributed by atoms with Crippen LogP contribution in [-0.2, 0) is 9.53 Å². The van der Waals surface area contributed by atoms with Crippen LogP contribution >= 0.6 is 0 Å². The molecule has 0 spiro atoms. The predicted octanol–water partition coefficient (Wildman–Crippen LogP) is 0.604. The number of hydrogen-bond acceptors (Lipinski definition) is 4. The van der Waals surface area contributed by atoms with E-state index in [4.69, 9.17) is 15.6 Å². The van der Waals surface area contributed by atoms with Gasteiger partial charge in [0.15, 0.2) is 0 Å². The summed E-state index contributed by atoms with van der Waals surface area (Å²) in [5.41, 5.74) is 5.74. The number of carboxylic acids is 1. The Morgan fingerprint density at radius 3 is 2.90 bits per heavy atom. The van der Waals surface area contributed by atoms with E-state index in [0.717, 1.165) is 6.07 Å². The molecule has 1 aromatic rings. The van der Waals surface area contributed by atoms with Gasteiger partial charge in [-0.3, -0.25) is 9.59 Å². The molecule has 2 rings (SSSR count). The fourth-order valence-corrected chi connectivity index (χ4v) is 2.30. The molecule has 1 amide bonds. The lowest BCUT2D eigenvalue weighted by Gasteiger charge is -2.37. The van der Waals surface area contributed by atoms with Crippen LogP contribution in [0.4, 0.5) is 10.1 Å². The molecule has 108 valence electrons. The zero-order chi connectivity index (χ0) is 14.7. The first-order valence-electron chi connectivity index (χ1n) is 6.14. The minimum Gasteiger partial charge on any atom is -0.481 e. The number of halogens is 1. The number of amides is 1. The lowest BCUT2D eigenvalue weighted by molar-refractivity contribution is -0.138. The molecule has 1 heterocycles. The van der Waals surface area contributed by atoms with E-state index < -0.39 is 23.7 Å². The molecule has 1 saturated heterocycles. The number of rotatable bonds is 4.